The van der Waals surface area contributed by atoms with Crippen LogP contribution in [-0.4, -0.2) is 56.3 Å². The normalized spacial score (nSPS) is 14.5. The molecule has 1 aromatic carbocycles. The molecule has 0 aromatic heterocycles. The van der Waals surface area contributed by atoms with Gasteiger partial charge < -0.3 is 20.1 Å². The van der Waals surface area contributed by atoms with Gasteiger partial charge >= 0.3 is 12.1 Å². The van der Waals surface area contributed by atoms with Crippen LogP contribution in [0.15, 0.2) is 23.3 Å². The first-order chi connectivity index (χ1) is 16.3. The zero-order valence-corrected chi connectivity index (χ0v) is 20.7. The second-order valence-corrected chi connectivity index (χ2v) is 9.27. The Hall–Kier alpha value is -2.66. The molecule has 10 nitrogen and oxygen atoms in total. The Labute approximate surface area is 204 Å². The Morgan fingerprint density at radius 1 is 1.06 bits per heavy atom. The van der Waals surface area contributed by atoms with Crippen molar-refractivity contribution in [3.8, 4) is 11.5 Å². The summed E-state index contributed by atoms with van der Waals surface area (Å²) < 4.78 is 5.87. The van der Waals surface area contributed by atoms with Gasteiger partial charge in [-0.1, -0.05) is 76.5 Å². The van der Waals surface area contributed by atoms with Gasteiger partial charge in [0, 0.05) is 12.6 Å². The number of amides is 1. The summed E-state index contributed by atoms with van der Waals surface area (Å²) in [6.07, 6.45) is 10.7. The average Bonchev–Trinajstić information content (AvgIpc) is 3.16. The molecule has 0 saturated heterocycles. The number of ether oxygens (including phenoxy) is 1. The Morgan fingerprint density at radius 2 is 1.68 bits per heavy atom. The number of phenols is 1. The minimum atomic E-state index is -1.31. The van der Waals surface area contributed by atoms with Crippen molar-refractivity contribution in [2.75, 3.05) is 13.7 Å². The van der Waals surface area contributed by atoms with Gasteiger partial charge in [0.25, 0.3) is 0 Å². The molecule has 0 aliphatic carbocycles. The van der Waals surface area contributed by atoms with Gasteiger partial charge in [0.1, 0.15) is 16.7 Å². The molecule has 1 atom stereocenters. The molecular weight excluding hydrogens is 460 g/mol. The third kappa shape index (κ3) is 8.60. The van der Waals surface area contributed by atoms with E-state index in [1.807, 2.05) is 0 Å². The molecule has 1 aliphatic rings. The molecule has 11 heteroatoms. The largest absolute Gasteiger partial charge is 0.508 e. The molecule has 34 heavy (non-hydrogen) atoms. The van der Waals surface area contributed by atoms with Gasteiger partial charge in [0.2, 0.25) is 5.17 Å². The number of nitrogens with zero attached hydrogens (tertiary/aromatic N) is 3. The number of benzene rings is 1. The summed E-state index contributed by atoms with van der Waals surface area (Å²) in [6.45, 7) is 2.65. The summed E-state index contributed by atoms with van der Waals surface area (Å²) in [5.74, 6) is -0.968. The topological polar surface area (TPSA) is 135 Å². The van der Waals surface area contributed by atoms with E-state index >= 15 is 0 Å². The van der Waals surface area contributed by atoms with Crippen LogP contribution in [0.4, 0.5) is 4.79 Å². The first-order valence-corrected chi connectivity index (χ1v) is 12.7. The van der Waals surface area contributed by atoms with Crippen LogP contribution in [0, 0.1) is 0 Å². The summed E-state index contributed by atoms with van der Waals surface area (Å²) in [7, 11) is 1.44. The number of phenolic OH excluding ortho intramolecular Hbond substituents is 1. The van der Waals surface area contributed by atoms with Crippen LogP contribution in [0.1, 0.15) is 81.9 Å². The van der Waals surface area contributed by atoms with Crippen LogP contribution in [0.25, 0.3) is 0 Å². The molecule has 190 valence electrons. The van der Waals surface area contributed by atoms with E-state index in [1.165, 1.54) is 70.2 Å². The van der Waals surface area contributed by atoms with Crippen molar-refractivity contribution in [3.63, 3.8) is 0 Å². The number of hydrazone groups is 1. The van der Waals surface area contributed by atoms with Crippen molar-refractivity contribution in [1.82, 2.24) is 15.7 Å². The fourth-order valence-corrected chi connectivity index (χ4v) is 4.63. The highest BCUT2D eigenvalue weighted by Gasteiger charge is 2.35. The van der Waals surface area contributed by atoms with E-state index in [0.29, 0.717) is 12.4 Å². The number of hydrogen-bond acceptors (Lipinski definition) is 8. The molecular formula is C23H36N4O6S. The van der Waals surface area contributed by atoms with E-state index < -0.39 is 17.3 Å². The van der Waals surface area contributed by atoms with Crippen LogP contribution >= 0.6 is 11.8 Å². The van der Waals surface area contributed by atoms with Gasteiger partial charge in [-0.25, -0.2) is 10.3 Å². The molecule has 0 fully saturated rings. The highest BCUT2D eigenvalue weighted by atomic mass is 32.2. The summed E-state index contributed by atoms with van der Waals surface area (Å²) in [5.41, 5.74) is 2.71. The number of carbonyl (C=O) groups is 2. The Morgan fingerprint density at radius 3 is 2.26 bits per heavy atom. The molecule has 4 N–H and O–H groups in total. The van der Waals surface area contributed by atoms with Gasteiger partial charge in [-0.3, -0.25) is 4.79 Å². The smallest absolute Gasteiger partial charge is 0.430 e. The van der Waals surface area contributed by atoms with E-state index in [1.54, 1.807) is 0 Å². The highest BCUT2D eigenvalue weighted by molar-refractivity contribution is 8.14. The Bertz CT molecular complexity index is 838. The maximum absolute atomic E-state index is 12.1. The lowest BCUT2D eigenvalue weighted by atomic mass is 10.1. The van der Waals surface area contributed by atoms with E-state index in [2.05, 4.69) is 17.6 Å². The van der Waals surface area contributed by atoms with Gasteiger partial charge in [0.05, 0.1) is 6.61 Å². The first-order valence-electron chi connectivity index (χ1n) is 11.8. The number of aliphatic carboxylic acids is 1. The summed E-state index contributed by atoms with van der Waals surface area (Å²) in [6, 6.07) is 4.30. The number of unbranched alkanes of at least 4 members (excludes halogenated alkanes) is 9. The standard InChI is InChI=1S/C23H36N4O6S/c1-3-4-5-6-7-8-9-10-11-12-15-33-19-14-13-17(28)16-18(19)20(21(29)30)34-22-24-25-26(2)27(22)23(31)32/h13-14,16,20,25,28H,3-12,15H2,1-2H3,(H,29,30)(H,31,32). The first kappa shape index (κ1) is 27.6. The van der Waals surface area contributed by atoms with Crippen LogP contribution in [0.3, 0.4) is 0 Å². The van der Waals surface area contributed by atoms with Crippen molar-refractivity contribution in [1.29, 1.82) is 0 Å². The lowest BCUT2D eigenvalue weighted by Crippen LogP contribution is -2.45. The monoisotopic (exact) mass is 496 g/mol. The number of hydrogen-bond donors (Lipinski definition) is 4. The van der Waals surface area contributed by atoms with Gasteiger partial charge in [-0.15, -0.1) is 10.2 Å². The lowest BCUT2D eigenvalue weighted by Gasteiger charge is -2.22. The Balaban J connectivity index is 1.90. The molecule has 1 heterocycles. The summed E-state index contributed by atoms with van der Waals surface area (Å²) in [4.78, 5) is 23.6. The molecule has 1 amide bonds. The zero-order valence-electron chi connectivity index (χ0n) is 19.9. The van der Waals surface area contributed by atoms with Crippen molar-refractivity contribution < 1.29 is 29.6 Å². The minimum Gasteiger partial charge on any atom is -0.508 e. The van der Waals surface area contributed by atoms with E-state index in [9.17, 15) is 24.9 Å². The number of thioether (sulfide) groups is 1. The predicted molar refractivity (Wildman–Crippen MR) is 132 cm³/mol. The minimum absolute atomic E-state index is 0.0496. The SMILES string of the molecule is CCCCCCCCCCCCOc1ccc(O)cc1C(SC1=NNN(C)N1C(=O)O)C(=O)O. The quantitative estimate of drug-likeness (QED) is 0.243. The van der Waals surface area contributed by atoms with Crippen LogP contribution in [0.5, 0.6) is 11.5 Å². The molecule has 0 radical (unpaired) electrons. The number of aromatic hydroxyl groups is 1. The van der Waals surface area contributed by atoms with Gasteiger partial charge in [0.15, 0.2) is 0 Å². The maximum atomic E-state index is 12.1. The molecule has 0 bridgehead atoms. The fourth-order valence-electron chi connectivity index (χ4n) is 3.62. The molecule has 1 unspecified atom stereocenters. The third-order valence-electron chi connectivity index (χ3n) is 5.43. The number of amidine groups is 1. The average molecular weight is 497 g/mol. The second kappa shape index (κ2) is 14.6. The highest BCUT2D eigenvalue weighted by Crippen LogP contribution is 2.39. The van der Waals surface area contributed by atoms with E-state index in [-0.39, 0.29) is 16.5 Å². The van der Waals surface area contributed by atoms with Crippen molar-refractivity contribution >= 4 is 29.0 Å². The summed E-state index contributed by atoms with van der Waals surface area (Å²) >= 11 is 0.737. The van der Waals surface area contributed by atoms with Crippen LogP contribution in [0.2, 0.25) is 0 Å². The van der Waals surface area contributed by atoms with E-state index in [4.69, 9.17) is 4.74 Å². The molecule has 2 rings (SSSR count). The number of carboxylic acids is 1. The lowest BCUT2D eigenvalue weighted by molar-refractivity contribution is -0.136. The number of hydrazine groups is 2. The second-order valence-electron chi connectivity index (χ2n) is 8.20. The molecule has 1 aliphatic heterocycles. The van der Waals surface area contributed by atoms with Crippen LogP contribution < -0.4 is 10.3 Å². The van der Waals surface area contributed by atoms with Crippen molar-refractivity contribution in [2.24, 2.45) is 5.10 Å². The summed E-state index contributed by atoms with van der Waals surface area (Å²) in [5, 5.41) is 33.7. The van der Waals surface area contributed by atoms with E-state index in [0.717, 1.165) is 41.2 Å². The zero-order chi connectivity index (χ0) is 24.9. The third-order valence-corrected chi connectivity index (χ3v) is 6.60. The van der Waals surface area contributed by atoms with Gasteiger partial charge in [-0.2, -0.15) is 5.01 Å². The van der Waals surface area contributed by atoms with Gasteiger partial charge in [-0.05, 0) is 24.6 Å². The molecule has 0 spiro atoms. The number of nitrogens with one attached hydrogen (secondary N) is 1. The van der Waals surface area contributed by atoms with Crippen molar-refractivity contribution in [2.45, 2.75) is 76.4 Å². The van der Waals surface area contributed by atoms with Crippen molar-refractivity contribution in [3.05, 3.63) is 23.8 Å². The number of carboxylic acid groups (broad SMARTS) is 2. The molecule has 0 saturated carbocycles. The maximum Gasteiger partial charge on any atom is 0.430 e. The van der Waals surface area contributed by atoms with Crippen LogP contribution in [-0.2, 0) is 4.79 Å². The predicted octanol–water partition coefficient (Wildman–Crippen LogP) is 5.17. The fraction of sp³-hybridized carbons (Fsp3) is 0.609. The number of rotatable bonds is 15. The Kier molecular flexibility index (Phi) is 11.8. The molecule has 1 aromatic rings.